The molecule has 2 saturated heterocycles. The number of carbonyl (C=O) groups is 2. The van der Waals surface area contributed by atoms with Gasteiger partial charge in [-0.1, -0.05) is 0 Å². The Hall–Kier alpha value is -1.91. The van der Waals surface area contributed by atoms with Crippen LogP contribution < -0.4 is 5.32 Å². The zero-order chi connectivity index (χ0) is 18.9. The summed E-state index contributed by atoms with van der Waals surface area (Å²) in [5, 5.41) is 11.3. The molecular formula is C16H22N2O7S. The molecule has 0 aromatic carbocycles. The molecule has 0 radical (unpaired) electrons. The maximum Gasteiger partial charge on any atom is 0.371 e. The quantitative estimate of drug-likeness (QED) is 0.741. The summed E-state index contributed by atoms with van der Waals surface area (Å²) in [4.78, 5) is 23.5. The topological polar surface area (TPSA) is 126 Å². The Labute approximate surface area is 151 Å². The molecule has 9 nitrogen and oxygen atoms in total. The molecule has 26 heavy (non-hydrogen) atoms. The fourth-order valence-corrected chi connectivity index (χ4v) is 4.96. The number of nitrogens with zero attached hydrogens (tertiary/aromatic N) is 1. The number of rotatable bonds is 6. The molecule has 2 fully saturated rings. The number of hydrogen-bond acceptors (Lipinski definition) is 6. The van der Waals surface area contributed by atoms with Crippen LogP contribution in [0.5, 0.6) is 0 Å². The first kappa shape index (κ1) is 18.9. The van der Waals surface area contributed by atoms with E-state index in [4.69, 9.17) is 14.3 Å². The molecule has 0 spiro atoms. The minimum atomic E-state index is -4.09. The van der Waals surface area contributed by atoms with Crippen molar-refractivity contribution in [3.63, 3.8) is 0 Å². The average Bonchev–Trinajstić information content (AvgIpc) is 3.35. The van der Waals surface area contributed by atoms with E-state index in [1.165, 1.54) is 0 Å². The van der Waals surface area contributed by atoms with Crippen LogP contribution in [-0.2, 0) is 19.6 Å². The summed E-state index contributed by atoms with van der Waals surface area (Å²) in [6, 6.07) is 1.13. The summed E-state index contributed by atoms with van der Waals surface area (Å²) in [5.74, 6) is -2.19. The number of furan rings is 1. The lowest BCUT2D eigenvalue weighted by atomic mass is 10.1. The van der Waals surface area contributed by atoms with Crippen LogP contribution in [0.3, 0.4) is 0 Å². The van der Waals surface area contributed by atoms with Crippen LogP contribution >= 0.6 is 0 Å². The average molecular weight is 386 g/mol. The molecule has 10 heteroatoms. The second kappa shape index (κ2) is 7.37. The Kier molecular flexibility index (Phi) is 5.35. The molecule has 144 valence electrons. The number of amides is 1. The molecule has 2 aliphatic rings. The third kappa shape index (κ3) is 3.62. The highest BCUT2D eigenvalue weighted by Gasteiger charge is 2.41. The first-order valence-electron chi connectivity index (χ1n) is 8.57. The molecule has 0 aliphatic carbocycles. The predicted octanol–water partition coefficient (Wildman–Crippen LogP) is 0.815. The van der Waals surface area contributed by atoms with Crippen LogP contribution in [0.4, 0.5) is 0 Å². The number of carboxylic acid groups (broad SMARTS) is 1. The lowest BCUT2D eigenvalue weighted by Gasteiger charge is -2.26. The van der Waals surface area contributed by atoms with Crippen molar-refractivity contribution in [2.75, 3.05) is 13.2 Å². The van der Waals surface area contributed by atoms with Gasteiger partial charge in [-0.25, -0.2) is 13.2 Å². The third-order valence-electron chi connectivity index (χ3n) is 4.75. The van der Waals surface area contributed by atoms with Gasteiger partial charge in [-0.3, -0.25) is 4.79 Å². The number of aromatic carboxylic acids is 1. The summed E-state index contributed by atoms with van der Waals surface area (Å²) in [7, 11) is -4.09. The van der Waals surface area contributed by atoms with Gasteiger partial charge in [0.1, 0.15) is 6.04 Å². The summed E-state index contributed by atoms with van der Waals surface area (Å²) in [5.41, 5.74) is 0. The zero-order valence-electron chi connectivity index (χ0n) is 14.4. The number of carboxylic acids is 1. The van der Waals surface area contributed by atoms with Gasteiger partial charge in [-0.05, 0) is 44.7 Å². The second-order valence-corrected chi connectivity index (χ2v) is 8.37. The Morgan fingerprint density at radius 3 is 2.69 bits per heavy atom. The Balaban J connectivity index is 1.73. The van der Waals surface area contributed by atoms with Crippen molar-refractivity contribution >= 4 is 21.9 Å². The van der Waals surface area contributed by atoms with Crippen LogP contribution in [-0.4, -0.2) is 61.0 Å². The molecule has 3 rings (SSSR count). The highest BCUT2D eigenvalue weighted by atomic mass is 32.2. The Bertz CT molecular complexity index is 782. The second-order valence-electron chi connectivity index (χ2n) is 6.55. The van der Waals surface area contributed by atoms with E-state index >= 15 is 0 Å². The first-order valence-corrected chi connectivity index (χ1v) is 10.0. The minimum Gasteiger partial charge on any atom is -0.475 e. The van der Waals surface area contributed by atoms with E-state index in [1.54, 1.807) is 0 Å². The standard InChI is InChI=1S/C16H22N2O7S/c1-10(12-5-3-9-24-12)17-15(19)11-4-2-8-18(11)26(22,23)14-7-6-13(25-14)16(20)21/h6-7,10-12H,2-5,8-9H2,1H3,(H,17,19)(H,20,21). The van der Waals surface area contributed by atoms with Gasteiger partial charge >= 0.3 is 5.97 Å². The van der Waals surface area contributed by atoms with Gasteiger partial charge in [-0.2, -0.15) is 4.31 Å². The van der Waals surface area contributed by atoms with Crippen molar-refractivity contribution in [1.29, 1.82) is 0 Å². The van der Waals surface area contributed by atoms with Crippen LogP contribution in [0.1, 0.15) is 43.2 Å². The molecule has 2 aliphatic heterocycles. The Morgan fingerprint density at radius 2 is 2.08 bits per heavy atom. The van der Waals surface area contributed by atoms with E-state index in [1.807, 2.05) is 6.92 Å². The van der Waals surface area contributed by atoms with Gasteiger partial charge in [0.25, 0.3) is 10.0 Å². The number of sulfonamides is 1. The molecule has 0 bridgehead atoms. The van der Waals surface area contributed by atoms with Crippen LogP contribution in [0.2, 0.25) is 0 Å². The highest BCUT2D eigenvalue weighted by molar-refractivity contribution is 7.89. The number of carbonyl (C=O) groups excluding carboxylic acids is 1. The maximum atomic E-state index is 12.8. The molecule has 1 aromatic heterocycles. The summed E-state index contributed by atoms with van der Waals surface area (Å²) < 4.78 is 37.1. The van der Waals surface area contributed by atoms with E-state index in [0.717, 1.165) is 29.3 Å². The SMILES string of the molecule is CC(NC(=O)C1CCCN1S(=O)(=O)c1ccc(C(=O)O)o1)C1CCCO1. The lowest BCUT2D eigenvalue weighted by molar-refractivity contribution is -0.125. The minimum absolute atomic E-state index is 0.0615. The summed E-state index contributed by atoms with van der Waals surface area (Å²) in [6.07, 6.45) is 2.68. The fourth-order valence-electron chi connectivity index (χ4n) is 3.39. The molecule has 1 aromatic rings. The maximum absolute atomic E-state index is 12.8. The summed E-state index contributed by atoms with van der Waals surface area (Å²) in [6.45, 7) is 2.68. The Morgan fingerprint density at radius 1 is 1.31 bits per heavy atom. The molecule has 2 N–H and O–H groups in total. The van der Waals surface area contributed by atoms with Crippen molar-refractivity contribution in [2.24, 2.45) is 0 Å². The third-order valence-corrected chi connectivity index (χ3v) is 6.54. The van der Waals surface area contributed by atoms with Crippen molar-refractivity contribution in [3.8, 4) is 0 Å². The highest BCUT2D eigenvalue weighted by Crippen LogP contribution is 2.28. The van der Waals surface area contributed by atoms with Crippen LogP contribution in [0.25, 0.3) is 0 Å². The fraction of sp³-hybridized carbons (Fsp3) is 0.625. The van der Waals surface area contributed by atoms with E-state index in [9.17, 15) is 18.0 Å². The molecule has 1 amide bonds. The van der Waals surface area contributed by atoms with E-state index in [-0.39, 0.29) is 24.6 Å². The van der Waals surface area contributed by atoms with Gasteiger partial charge in [0.15, 0.2) is 0 Å². The zero-order valence-corrected chi connectivity index (χ0v) is 15.2. The molecule has 0 saturated carbocycles. The largest absolute Gasteiger partial charge is 0.475 e. The predicted molar refractivity (Wildman–Crippen MR) is 89.2 cm³/mol. The van der Waals surface area contributed by atoms with E-state index in [0.29, 0.717) is 19.4 Å². The van der Waals surface area contributed by atoms with Crippen molar-refractivity contribution in [2.45, 2.75) is 55.9 Å². The monoisotopic (exact) mass is 386 g/mol. The number of ether oxygens (including phenoxy) is 1. The molecule has 3 heterocycles. The van der Waals surface area contributed by atoms with Crippen LogP contribution in [0, 0.1) is 0 Å². The van der Waals surface area contributed by atoms with E-state index < -0.39 is 32.9 Å². The lowest BCUT2D eigenvalue weighted by Crippen LogP contribution is -2.50. The van der Waals surface area contributed by atoms with E-state index in [2.05, 4.69) is 5.32 Å². The van der Waals surface area contributed by atoms with Gasteiger partial charge in [0, 0.05) is 13.2 Å². The van der Waals surface area contributed by atoms with Crippen LogP contribution in [0.15, 0.2) is 21.6 Å². The van der Waals surface area contributed by atoms with Gasteiger partial charge < -0.3 is 19.6 Å². The van der Waals surface area contributed by atoms with Gasteiger partial charge in [0.05, 0.1) is 12.1 Å². The molecule has 3 unspecified atom stereocenters. The van der Waals surface area contributed by atoms with Gasteiger partial charge in [-0.15, -0.1) is 0 Å². The van der Waals surface area contributed by atoms with Crippen molar-refractivity contribution in [1.82, 2.24) is 9.62 Å². The molecule has 3 atom stereocenters. The number of nitrogens with one attached hydrogen (secondary N) is 1. The smallest absolute Gasteiger partial charge is 0.371 e. The van der Waals surface area contributed by atoms with Crippen molar-refractivity contribution in [3.05, 3.63) is 17.9 Å². The molecular weight excluding hydrogens is 364 g/mol. The van der Waals surface area contributed by atoms with Gasteiger partial charge in [0.2, 0.25) is 16.8 Å². The first-order chi connectivity index (χ1) is 12.3. The number of hydrogen-bond donors (Lipinski definition) is 2. The van der Waals surface area contributed by atoms with Crippen molar-refractivity contribution < 1.29 is 32.3 Å². The summed E-state index contributed by atoms with van der Waals surface area (Å²) >= 11 is 0. The normalized spacial score (nSPS) is 25.3.